The molecule has 0 unspecified atom stereocenters. The largest absolute Gasteiger partial charge is 0.657 e. The van der Waals surface area contributed by atoms with E-state index in [-0.39, 0.29) is 0 Å². The molecular formula is C5H9NO4. The van der Waals surface area contributed by atoms with E-state index in [1.54, 1.807) is 20.8 Å². The third-order valence-electron chi connectivity index (χ3n) is 0.543. The summed E-state index contributed by atoms with van der Waals surface area (Å²) in [6.45, 7) is 4.69. The molecule has 0 radical (unpaired) electrons. The van der Waals surface area contributed by atoms with E-state index in [0.29, 0.717) is 0 Å². The van der Waals surface area contributed by atoms with E-state index in [1.807, 2.05) is 0 Å². The molecule has 0 saturated heterocycles. The van der Waals surface area contributed by atoms with Crippen LogP contribution in [0.1, 0.15) is 20.8 Å². The van der Waals surface area contributed by atoms with Crippen LogP contribution in [0.2, 0.25) is 0 Å². The van der Waals surface area contributed by atoms with Crippen LogP contribution in [0.15, 0.2) is 0 Å². The summed E-state index contributed by atoms with van der Waals surface area (Å²) in [6, 6.07) is 0. The van der Waals surface area contributed by atoms with Crippen LogP contribution < -0.4 is 0 Å². The van der Waals surface area contributed by atoms with Crippen molar-refractivity contribution in [1.29, 1.82) is 0 Å². The molecule has 0 aromatic heterocycles. The molecule has 5 nitrogen and oxygen atoms in total. The van der Waals surface area contributed by atoms with Crippen LogP contribution in [0.5, 0.6) is 0 Å². The lowest BCUT2D eigenvalue weighted by Crippen LogP contribution is -2.27. The van der Waals surface area contributed by atoms with Gasteiger partial charge in [0.05, 0.1) is 0 Å². The Morgan fingerprint density at radius 3 is 2.00 bits per heavy atom. The van der Waals surface area contributed by atoms with E-state index in [9.17, 15) is 14.9 Å². The maximum Gasteiger partial charge on any atom is 0.657 e. The Morgan fingerprint density at radius 1 is 1.50 bits per heavy atom. The van der Waals surface area contributed by atoms with Gasteiger partial charge in [0.15, 0.2) is 0 Å². The van der Waals surface area contributed by atoms with E-state index in [1.165, 1.54) is 0 Å². The maximum absolute atomic E-state index is 10.2. The first-order valence-electron chi connectivity index (χ1n) is 2.70. The first-order valence-corrected chi connectivity index (χ1v) is 2.70. The molecule has 0 fully saturated rings. The van der Waals surface area contributed by atoms with Gasteiger partial charge < -0.3 is 4.74 Å². The minimum absolute atomic E-state index is 0.788. The zero-order chi connectivity index (χ0) is 8.36. The molecule has 0 atom stereocenters. The molecule has 0 rings (SSSR count). The summed E-state index contributed by atoms with van der Waals surface area (Å²) >= 11 is 0. The van der Waals surface area contributed by atoms with Crippen molar-refractivity contribution in [1.82, 2.24) is 0 Å². The molecule has 0 N–H and O–H groups in total. The third-order valence-corrected chi connectivity index (χ3v) is 0.543. The predicted octanol–water partition coefficient (Wildman–Crippen LogP) is 1.20. The number of hydrogen-bond donors (Lipinski definition) is 0. The molecule has 0 heterocycles. The molecule has 0 aromatic rings. The third kappa shape index (κ3) is 3.82. The lowest BCUT2D eigenvalue weighted by atomic mass is 10.2. The van der Waals surface area contributed by atoms with E-state index in [2.05, 4.69) is 4.74 Å². The number of nitro groups is 1. The number of nitrogens with zero attached hydrogens (tertiary/aromatic N) is 1. The molecule has 58 valence electrons. The highest BCUT2D eigenvalue weighted by Crippen LogP contribution is 2.07. The van der Waals surface area contributed by atoms with E-state index >= 15 is 0 Å². The topological polar surface area (TPSA) is 69.4 Å². The molecule has 1 amide bonds. The summed E-state index contributed by atoms with van der Waals surface area (Å²) in [5.74, 6) is 0. The van der Waals surface area contributed by atoms with E-state index in [4.69, 9.17) is 0 Å². The van der Waals surface area contributed by atoms with Crippen LogP contribution in [-0.2, 0) is 4.74 Å². The van der Waals surface area contributed by atoms with Gasteiger partial charge >= 0.3 is 6.09 Å². The first kappa shape index (κ1) is 8.87. The predicted molar refractivity (Wildman–Crippen MR) is 33.2 cm³/mol. The summed E-state index contributed by atoms with van der Waals surface area (Å²) in [5, 5.41) is 9.71. The summed E-state index contributed by atoms with van der Waals surface area (Å²) in [4.78, 5) is 18.9. The van der Waals surface area contributed by atoms with E-state index < -0.39 is 16.6 Å². The Bertz CT molecular complexity index is 158. The average molecular weight is 147 g/mol. The van der Waals surface area contributed by atoms with Crippen molar-refractivity contribution >= 4 is 6.09 Å². The summed E-state index contributed by atoms with van der Waals surface area (Å²) in [5.41, 5.74) is -0.788. The van der Waals surface area contributed by atoms with Gasteiger partial charge in [-0.3, -0.25) is 10.1 Å². The van der Waals surface area contributed by atoms with Gasteiger partial charge in [0.25, 0.3) is 0 Å². The lowest BCUT2D eigenvalue weighted by molar-refractivity contribution is -0.401. The van der Waals surface area contributed by atoms with E-state index in [0.717, 1.165) is 0 Å². The highest BCUT2D eigenvalue weighted by molar-refractivity contribution is 5.57. The number of carbonyl (C=O) groups excluding carboxylic acids is 1. The lowest BCUT2D eigenvalue weighted by Gasteiger charge is -2.14. The zero-order valence-corrected chi connectivity index (χ0v) is 6.08. The fourth-order valence-corrected chi connectivity index (χ4v) is 0.299. The Kier molecular flexibility index (Phi) is 2.34. The molecule has 5 heteroatoms. The quantitative estimate of drug-likeness (QED) is 0.381. The number of hydrogen-bond acceptors (Lipinski definition) is 4. The average Bonchev–Trinajstić information content (AvgIpc) is 1.60. The highest BCUT2D eigenvalue weighted by atomic mass is 16.7. The Morgan fingerprint density at radius 2 is 1.90 bits per heavy atom. The van der Waals surface area contributed by atoms with Gasteiger partial charge in [-0.2, -0.15) is 4.79 Å². The van der Waals surface area contributed by atoms with Gasteiger partial charge in [-0.1, -0.05) is 0 Å². The van der Waals surface area contributed by atoms with Crippen molar-refractivity contribution < 1.29 is 14.5 Å². The van der Waals surface area contributed by atoms with Crippen LogP contribution in [0.25, 0.3) is 0 Å². The standard InChI is InChI=1S/C5H9NO4/c1-5(2,3)10-4(7)6(8)9/h1-3H3. The molecule has 10 heavy (non-hydrogen) atoms. The SMILES string of the molecule is CC(C)(C)OC(=O)[N+](=O)[O-]. The normalized spacial score (nSPS) is 10.7. The molecule has 0 aromatic carbocycles. The number of amides is 1. The highest BCUT2D eigenvalue weighted by Gasteiger charge is 2.25. The van der Waals surface area contributed by atoms with Gasteiger partial charge in [0, 0.05) is 0 Å². The molecule has 0 saturated carbocycles. The summed E-state index contributed by atoms with van der Waals surface area (Å²) in [7, 11) is 0. The fraction of sp³-hybridized carbons (Fsp3) is 0.800. The molecule has 0 spiro atoms. The Labute approximate surface area is 58.1 Å². The molecule has 0 aliphatic carbocycles. The number of rotatable bonds is 0. The first-order chi connectivity index (χ1) is 4.33. The van der Waals surface area contributed by atoms with Gasteiger partial charge in [0.1, 0.15) is 10.5 Å². The Balaban J connectivity index is 3.93. The van der Waals surface area contributed by atoms with Gasteiger partial charge in [0.2, 0.25) is 0 Å². The van der Waals surface area contributed by atoms with Crippen LogP contribution in [0.4, 0.5) is 4.79 Å². The number of carbonyl (C=O) groups is 1. The van der Waals surface area contributed by atoms with Gasteiger partial charge in [-0.05, 0) is 20.8 Å². The Hall–Kier alpha value is -1.13. The van der Waals surface area contributed by atoms with Gasteiger partial charge in [-0.15, -0.1) is 0 Å². The minimum Gasteiger partial charge on any atom is -0.402 e. The molecular weight excluding hydrogens is 138 g/mol. The maximum atomic E-state index is 10.2. The molecule has 0 aliphatic heterocycles. The van der Waals surface area contributed by atoms with Crippen molar-refractivity contribution in [3.8, 4) is 0 Å². The van der Waals surface area contributed by atoms with Gasteiger partial charge in [-0.25, -0.2) is 0 Å². The fourth-order valence-electron chi connectivity index (χ4n) is 0.299. The zero-order valence-electron chi connectivity index (χ0n) is 6.08. The van der Waals surface area contributed by atoms with Crippen molar-refractivity contribution in [2.45, 2.75) is 26.4 Å². The second kappa shape index (κ2) is 2.64. The van der Waals surface area contributed by atoms with Crippen LogP contribution >= 0.6 is 0 Å². The second-order valence-electron chi connectivity index (χ2n) is 2.74. The molecule has 0 bridgehead atoms. The second-order valence-corrected chi connectivity index (χ2v) is 2.74. The smallest absolute Gasteiger partial charge is 0.402 e. The van der Waals surface area contributed by atoms with Crippen molar-refractivity contribution in [3.05, 3.63) is 10.1 Å². The van der Waals surface area contributed by atoms with Crippen molar-refractivity contribution in [2.75, 3.05) is 0 Å². The van der Waals surface area contributed by atoms with Crippen LogP contribution in [0, 0.1) is 10.1 Å². The van der Waals surface area contributed by atoms with Crippen LogP contribution in [-0.4, -0.2) is 16.6 Å². The molecule has 0 aliphatic rings. The minimum atomic E-state index is -1.41. The van der Waals surface area contributed by atoms with Crippen LogP contribution in [0.3, 0.4) is 0 Å². The number of ether oxygens (including phenoxy) is 1. The summed E-state index contributed by atoms with van der Waals surface area (Å²) in [6.07, 6.45) is -1.41. The summed E-state index contributed by atoms with van der Waals surface area (Å²) < 4.78 is 4.36. The van der Waals surface area contributed by atoms with Crippen molar-refractivity contribution in [3.63, 3.8) is 0 Å². The van der Waals surface area contributed by atoms with Crippen molar-refractivity contribution in [2.24, 2.45) is 0 Å². The monoisotopic (exact) mass is 147 g/mol.